The van der Waals surface area contributed by atoms with Crippen LogP contribution in [0.5, 0.6) is 5.75 Å². The van der Waals surface area contributed by atoms with E-state index in [2.05, 4.69) is 5.32 Å². The van der Waals surface area contributed by atoms with Gasteiger partial charge in [0, 0.05) is 6.07 Å². The topological polar surface area (TPSA) is 78.9 Å². The largest absolute Gasteiger partial charge is 0.497 e. The molecule has 6 nitrogen and oxygen atoms in total. The number of carbonyl (C=O) groups is 2. The number of ether oxygens (including phenoxy) is 1. The van der Waals surface area contributed by atoms with Crippen LogP contribution >= 0.6 is 0 Å². The summed E-state index contributed by atoms with van der Waals surface area (Å²) in [6.07, 6.45) is 0. The fourth-order valence-corrected chi connectivity index (χ4v) is 2.58. The van der Waals surface area contributed by atoms with Crippen molar-refractivity contribution < 1.29 is 19.4 Å². The first-order valence-corrected chi connectivity index (χ1v) is 7.13. The van der Waals surface area contributed by atoms with E-state index in [1.54, 1.807) is 30.2 Å². The molecule has 2 aromatic rings. The van der Waals surface area contributed by atoms with Gasteiger partial charge in [-0.3, -0.25) is 4.79 Å². The molecule has 23 heavy (non-hydrogen) atoms. The predicted octanol–water partition coefficient (Wildman–Crippen LogP) is 2.35. The number of fused-ring (bicyclic) bond motifs is 1. The first kappa shape index (κ1) is 14.9. The van der Waals surface area contributed by atoms with Gasteiger partial charge in [0.25, 0.3) is 0 Å². The molecule has 0 saturated carbocycles. The van der Waals surface area contributed by atoms with Crippen LogP contribution in [0.2, 0.25) is 0 Å². The van der Waals surface area contributed by atoms with Crippen molar-refractivity contribution in [1.82, 2.24) is 0 Å². The lowest BCUT2D eigenvalue weighted by Crippen LogP contribution is -2.39. The molecule has 0 bridgehead atoms. The number of carbonyl (C=O) groups excluding carboxylic acids is 1. The SMILES string of the molecule is COc1ccc2c(c1)NCC(=O)N2Cc1cccc(C(=O)O)c1. The number of hydrogen-bond donors (Lipinski definition) is 2. The monoisotopic (exact) mass is 312 g/mol. The predicted molar refractivity (Wildman–Crippen MR) is 86.1 cm³/mol. The standard InChI is InChI=1S/C17H16N2O4/c1-23-13-5-6-15-14(8-13)18-9-16(20)19(15)10-11-3-2-4-12(7-11)17(21)22/h2-8,18H,9-10H2,1H3,(H,21,22). The van der Waals surface area contributed by atoms with Crippen LogP contribution in [0.1, 0.15) is 15.9 Å². The number of methoxy groups -OCH3 is 1. The lowest BCUT2D eigenvalue weighted by Gasteiger charge is -2.30. The molecule has 2 aromatic carbocycles. The number of nitrogens with one attached hydrogen (secondary N) is 1. The van der Waals surface area contributed by atoms with Crippen LogP contribution in [0.3, 0.4) is 0 Å². The maximum atomic E-state index is 12.3. The van der Waals surface area contributed by atoms with Gasteiger partial charge in [0.2, 0.25) is 5.91 Å². The molecule has 1 aliphatic heterocycles. The van der Waals surface area contributed by atoms with E-state index in [9.17, 15) is 9.59 Å². The Morgan fingerprint density at radius 3 is 2.87 bits per heavy atom. The number of anilines is 2. The second-order valence-corrected chi connectivity index (χ2v) is 5.22. The maximum absolute atomic E-state index is 12.3. The molecule has 0 aromatic heterocycles. The highest BCUT2D eigenvalue weighted by atomic mass is 16.5. The molecule has 1 amide bonds. The van der Waals surface area contributed by atoms with E-state index in [0.717, 1.165) is 16.9 Å². The van der Waals surface area contributed by atoms with Crippen LogP contribution < -0.4 is 15.0 Å². The van der Waals surface area contributed by atoms with Crippen molar-refractivity contribution in [2.24, 2.45) is 0 Å². The Morgan fingerprint density at radius 2 is 2.13 bits per heavy atom. The first-order valence-electron chi connectivity index (χ1n) is 7.13. The minimum atomic E-state index is -0.983. The van der Waals surface area contributed by atoms with Gasteiger partial charge in [-0.05, 0) is 29.8 Å². The molecule has 0 saturated heterocycles. The Kier molecular flexibility index (Phi) is 3.89. The van der Waals surface area contributed by atoms with Crippen LogP contribution in [0.15, 0.2) is 42.5 Å². The lowest BCUT2D eigenvalue weighted by atomic mass is 10.1. The molecule has 118 valence electrons. The molecule has 1 aliphatic rings. The van der Waals surface area contributed by atoms with Crippen LogP contribution in [0.4, 0.5) is 11.4 Å². The number of rotatable bonds is 4. The average molecular weight is 312 g/mol. The molecule has 0 spiro atoms. The normalized spacial score (nSPS) is 13.3. The fourth-order valence-electron chi connectivity index (χ4n) is 2.58. The summed E-state index contributed by atoms with van der Waals surface area (Å²) in [5, 5.41) is 12.1. The average Bonchev–Trinajstić information content (AvgIpc) is 2.57. The summed E-state index contributed by atoms with van der Waals surface area (Å²) in [6, 6.07) is 12.1. The van der Waals surface area contributed by atoms with Gasteiger partial charge in [-0.1, -0.05) is 12.1 Å². The van der Waals surface area contributed by atoms with Gasteiger partial charge in [-0.25, -0.2) is 4.79 Å². The second kappa shape index (κ2) is 6.00. The third-order valence-electron chi connectivity index (χ3n) is 3.74. The van der Waals surface area contributed by atoms with E-state index in [0.29, 0.717) is 12.3 Å². The number of nitrogens with zero attached hydrogens (tertiary/aromatic N) is 1. The third-order valence-corrected chi connectivity index (χ3v) is 3.74. The van der Waals surface area contributed by atoms with Crippen molar-refractivity contribution in [3.63, 3.8) is 0 Å². The zero-order chi connectivity index (χ0) is 16.4. The highest BCUT2D eigenvalue weighted by molar-refractivity contribution is 6.02. The molecule has 3 rings (SSSR count). The van der Waals surface area contributed by atoms with Crippen LogP contribution in [0.25, 0.3) is 0 Å². The van der Waals surface area contributed by atoms with Crippen molar-refractivity contribution in [2.45, 2.75) is 6.54 Å². The van der Waals surface area contributed by atoms with Crippen molar-refractivity contribution in [3.8, 4) is 5.75 Å². The molecular formula is C17H16N2O4. The number of aromatic carboxylic acids is 1. The molecule has 0 aliphatic carbocycles. The maximum Gasteiger partial charge on any atom is 0.335 e. The molecule has 1 heterocycles. The van der Waals surface area contributed by atoms with Crippen molar-refractivity contribution >= 4 is 23.3 Å². The zero-order valence-electron chi connectivity index (χ0n) is 12.6. The number of carboxylic acids is 1. The first-order chi connectivity index (χ1) is 11.1. The molecule has 6 heteroatoms. The smallest absolute Gasteiger partial charge is 0.335 e. The zero-order valence-corrected chi connectivity index (χ0v) is 12.6. The van der Waals surface area contributed by atoms with E-state index >= 15 is 0 Å². The quantitative estimate of drug-likeness (QED) is 0.906. The van der Waals surface area contributed by atoms with Crippen LogP contribution in [-0.4, -0.2) is 30.6 Å². The highest BCUT2D eigenvalue weighted by Gasteiger charge is 2.24. The van der Waals surface area contributed by atoms with Gasteiger partial charge in [0.1, 0.15) is 5.75 Å². The van der Waals surface area contributed by atoms with Gasteiger partial charge < -0.3 is 20.1 Å². The summed E-state index contributed by atoms with van der Waals surface area (Å²) >= 11 is 0. The van der Waals surface area contributed by atoms with Crippen molar-refractivity contribution in [2.75, 3.05) is 23.9 Å². The number of benzene rings is 2. The Hall–Kier alpha value is -3.02. The Bertz CT molecular complexity index is 773. The molecule has 0 atom stereocenters. The van der Waals surface area contributed by atoms with Crippen molar-refractivity contribution in [3.05, 3.63) is 53.6 Å². The summed E-state index contributed by atoms with van der Waals surface area (Å²) < 4.78 is 5.19. The Morgan fingerprint density at radius 1 is 1.30 bits per heavy atom. The molecule has 0 radical (unpaired) electrons. The minimum absolute atomic E-state index is 0.0663. The van der Waals surface area contributed by atoms with Crippen molar-refractivity contribution in [1.29, 1.82) is 0 Å². The van der Waals surface area contributed by atoms with Gasteiger partial charge in [0.15, 0.2) is 0 Å². The molecular weight excluding hydrogens is 296 g/mol. The molecule has 2 N–H and O–H groups in total. The highest BCUT2D eigenvalue weighted by Crippen LogP contribution is 2.33. The number of amides is 1. The third kappa shape index (κ3) is 2.96. The van der Waals surface area contributed by atoms with Gasteiger partial charge in [-0.2, -0.15) is 0 Å². The van der Waals surface area contributed by atoms with Gasteiger partial charge in [0.05, 0.1) is 37.1 Å². The number of hydrogen-bond acceptors (Lipinski definition) is 4. The minimum Gasteiger partial charge on any atom is -0.497 e. The summed E-state index contributed by atoms with van der Waals surface area (Å²) in [5.41, 5.74) is 2.54. The lowest BCUT2D eigenvalue weighted by molar-refractivity contribution is -0.117. The van der Waals surface area contributed by atoms with Crippen LogP contribution in [0, 0.1) is 0 Å². The van der Waals surface area contributed by atoms with Gasteiger partial charge >= 0.3 is 5.97 Å². The van der Waals surface area contributed by atoms with E-state index in [4.69, 9.17) is 9.84 Å². The summed E-state index contributed by atoms with van der Waals surface area (Å²) in [4.78, 5) is 25.0. The van der Waals surface area contributed by atoms with E-state index in [-0.39, 0.29) is 18.0 Å². The molecule has 0 fully saturated rings. The van der Waals surface area contributed by atoms with Gasteiger partial charge in [-0.15, -0.1) is 0 Å². The van der Waals surface area contributed by atoms with Crippen LogP contribution in [-0.2, 0) is 11.3 Å². The summed E-state index contributed by atoms with van der Waals surface area (Å²) in [7, 11) is 1.59. The van der Waals surface area contributed by atoms with E-state index < -0.39 is 5.97 Å². The molecule has 0 unspecified atom stereocenters. The second-order valence-electron chi connectivity index (χ2n) is 5.22. The summed E-state index contributed by atoms with van der Waals surface area (Å²) in [5.74, 6) is -0.342. The van der Waals surface area contributed by atoms with E-state index in [1.807, 2.05) is 18.2 Å². The Balaban J connectivity index is 1.92. The van der Waals surface area contributed by atoms with E-state index in [1.165, 1.54) is 6.07 Å². The number of carboxylic acid groups (broad SMARTS) is 1. The summed E-state index contributed by atoms with van der Waals surface area (Å²) in [6.45, 7) is 0.514. The fraction of sp³-hybridized carbons (Fsp3) is 0.176. The Labute approximate surface area is 133 Å².